The Morgan fingerprint density at radius 2 is 1.65 bits per heavy atom. The molecule has 0 radical (unpaired) electrons. The smallest absolute Gasteiger partial charge is 0.244 e. The van der Waals surface area contributed by atoms with E-state index in [1.165, 1.54) is 11.6 Å². The molecule has 5 nitrogen and oxygen atoms in total. The largest absolute Gasteiger partial charge is 0.368 e. The molecule has 2 aromatic carbocycles. The van der Waals surface area contributed by atoms with Crippen LogP contribution in [-0.4, -0.2) is 28.3 Å². The minimum atomic E-state index is -0.184. The van der Waals surface area contributed by atoms with Crippen molar-refractivity contribution in [3.05, 3.63) is 77.7 Å². The summed E-state index contributed by atoms with van der Waals surface area (Å²) in [6, 6.07) is 17.1. The molecule has 1 heterocycles. The number of aryl methyl sites for hydroxylation is 1. The van der Waals surface area contributed by atoms with Gasteiger partial charge < -0.3 is 10.6 Å². The van der Waals surface area contributed by atoms with Crippen molar-refractivity contribution in [1.29, 1.82) is 0 Å². The van der Waals surface area contributed by atoms with Gasteiger partial charge in [-0.25, -0.2) is 4.39 Å². The number of anilines is 2. The van der Waals surface area contributed by atoms with Crippen LogP contribution < -0.4 is 10.6 Å². The second-order valence-electron chi connectivity index (χ2n) is 5.95. The van der Waals surface area contributed by atoms with Gasteiger partial charge >= 0.3 is 0 Å². The van der Waals surface area contributed by atoms with Crippen molar-refractivity contribution in [2.45, 2.75) is 19.3 Å². The van der Waals surface area contributed by atoms with Gasteiger partial charge in [0.25, 0.3) is 0 Å². The average molecular weight is 351 g/mol. The van der Waals surface area contributed by atoms with Gasteiger partial charge in [-0.05, 0) is 36.5 Å². The number of nitrogens with zero attached hydrogens (tertiary/aromatic N) is 3. The first-order valence-corrected chi connectivity index (χ1v) is 8.76. The van der Waals surface area contributed by atoms with Gasteiger partial charge in [0.2, 0.25) is 5.95 Å². The molecule has 6 heteroatoms. The highest BCUT2D eigenvalue weighted by atomic mass is 19.1. The summed E-state index contributed by atoms with van der Waals surface area (Å²) in [5.74, 6) is 0.937. The third-order valence-corrected chi connectivity index (χ3v) is 3.99. The molecule has 0 fully saturated rings. The number of nitrogens with one attached hydrogen (secondary N) is 2. The van der Waals surface area contributed by atoms with Gasteiger partial charge in [0, 0.05) is 13.1 Å². The molecule has 0 aliphatic heterocycles. The number of halogens is 1. The monoisotopic (exact) mass is 351 g/mol. The number of rotatable bonds is 9. The standard InChI is InChI=1S/C20H22FN5/c21-18-11-5-4-10-17(18)12-14-22-19-15-24-26-20(25-19)23-13-6-9-16-7-2-1-3-8-16/h1-5,7-8,10-11,15H,6,9,12-14H2,(H2,22,23,25,26). The Morgan fingerprint density at radius 3 is 2.50 bits per heavy atom. The predicted octanol–water partition coefficient (Wildman–Crippen LogP) is 3.71. The van der Waals surface area contributed by atoms with E-state index in [-0.39, 0.29) is 5.82 Å². The Labute approximate surface area is 152 Å². The zero-order chi connectivity index (χ0) is 18.0. The minimum Gasteiger partial charge on any atom is -0.368 e. The maximum Gasteiger partial charge on any atom is 0.244 e. The van der Waals surface area contributed by atoms with E-state index in [4.69, 9.17) is 0 Å². The van der Waals surface area contributed by atoms with Crippen molar-refractivity contribution in [2.75, 3.05) is 23.7 Å². The Bertz CT molecular complexity index is 810. The van der Waals surface area contributed by atoms with Crippen LogP contribution in [0.5, 0.6) is 0 Å². The van der Waals surface area contributed by atoms with Crippen LogP contribution in [0.25, 0.3) is 0 Å². The van der Waals surface area contributed by atoms with E-state index in [0.717, 1.165) is 19.4 Å². The lowest BCUT2D eigenvalue weighted by Gasteiger charge is -2.08. The molecule has 0 bridgehead atoms. The number of hydrogen-bond acceptors (Lipinski definition) is 5. The minimum absolute atomic E-state index is 0.184. The van der Waals surface area contributed by atoms with Crippen LogP contribution in [0.1, 0.15) is 17.5 Å². The quantitative estimate of drug-likeness (QED) is 0.576. The molecule has 0 saturated carbocycles. The zero-order valence-corrected chi connectivity index (χ0v) is 14.5. The molecule has 2 N–H and O–H groups in total. The van der Waals surface area contributed by atoms with Crippen LogP contribution >= 0.6 is 0 Å². The average Bonchev–Trinajstić information content (AvgIpc) is 2.68. The van der Waals surface area contributed by atoms with E-state index in [1.54, 1.807) is 18.3 Å². The van der Waals surface area contributed by atoms with E-state index < -0.39 is 0 Å². The second-order valence-corrected chi connectivity index (χ2v) is 5.95. The SMILES string of the molecule is Fc1ccccc1CCNc1cnnc(NCCCc2ccccc2)n1. The summed E-state index contributed by atoms with van der Waals surface area (Å²) in [6.45, 7) is 1.35. The molecular weight excluding hydrogens is 329 g/mol. The van der Waals surface area contributed by atoms with Gasteiger partial charge in [-0.2, -0.15) is 10.1 Å². The Kier molecular flexibility index (Phi) is 6.47. The highest BCUT2D eigenvalue weighted by Gasteiger charge is 2.03. The Morgan fingerprint density at radius 1 is 0.846 bits per heavy atom. The van der Waals surface area contributed by atoms with Crippen molar-refractivity contribution >= 4 is 11.8 Å². The zero-order valence-electron chi connectivity index (χ0n) is 14.5. The first-order valence-electron chi connectivity index (χ1n) is 8.76. The molecule has 1 aromatic heterocycles. The fourth-order valence-corrected chi connectivity index (χ4v) is 2.63. The predicted molar refractivity (Wildman–Crippen MR) is 102 cm³/mol. The van der Waals surface area contributed by atoms with Crippen LogP contribution in [0.15, 0.2) is 60.8 Å². The van der Waals surface area contributed by atoms with Crippen LogP contribution in [-0.2, 0) is 12.8 Å². The van der Waals surface area contributed by atoms with Crippen molar-refractivity contribution < 1.29 is 4.39 Å². The second kappa shape index (κ2) is 9.46. The third-order valence-electron chi connectivity index (χ3n) is 3.99. The summed E-state index contributed by atoms with van der Waals surface area (Å²) in [7, 11) is 0. The fourth-order valence-electron chi connectivity index (χ4n) is 2.63. The maximum absolute atomic E-state index is 13.6. The van der Waals surface area contributed by atoms with Gasteiger partial charge in [0.05, 0.1) is 6.20 Å². The molecule has 3 rings (SSSR count). The first kappa shape index (κ1) is 17.8. The molecule has 0 amide bonds. The van der Waals surface area contributed by atoms with Crippen molar-refractivity contribution in [2.24, 2.45) is 0 Å². The molecule has 3 aromatic rings. The molecule has 134 valence electrons. The fraction of sp³-hybridized carbons (Fsp3) is 0.250. The van der Waals surface area contributed by atoms with Gasteiger partial charge in [0.1, 0.15) is 5.82 Å². The normalized spacial score (nSPS) is 10.5. The molecule has 0 atom stereocenters. The summed E-state index contributed by atoms with van der Waals surface area (Å²) < 4.78 is 13.6. The van der Waals surface area contributed by atoms with Gasteiger partial charge in [-0.1, -0.05) is 48.5 Å². The molecule has 0 aliphatic carbocycles. The van der Waals surface area contributed by atoms with Crippen molar-refractivity contribution in [1.82, 2.24) is 15.2 Å². The van der Waals surface area contributed by atoms with E-state index in [2.05, 4.69) is 37.9 Å². The maximum atomic E-state index is 13.6. The molecule has 0 unspecified atom stereocenters. The van der Waals surface area contributed by atoms with Crippen LogP contribution in [0.3, 0.4) is 0 Å². The van der Waals surface area contributed by atoms with E-state index in [1.807, 2.05) is 24.3 Å². The summed E-state index contributed by atoms with van der Waals surface area (Å²) in [5, 5.41) is 14.3. The molecular formula is C20H22FN5. The van der Waals surface area contributed by atoms with Crippen LogP contribution in [0, 0.1) is 5.82 Å². The highest BCUT2D eigenvalue weighted by Crippen LogP contribution is 2.09. The number of benzene rings is 2. The number of hydrogen-bond donors (Lipinski definition) is 2. The van der Waals surface area contributed by atoms with Crippen molar-refractivity contribution in [3.63, 3.8) is 0 Å². The summed E-state index contributed by atoms with van der Waals surface area (Å²) in [6.07, 6.45) is 4.13. The van der Waals surface area contributed by atoms with Gasteiger partial charge in [-0.3, -0.25) is 0 Å². The lowest BCUT2D eigenvalue weighted by atomic mass is 10.1. The van der Waals surface area contributed by atoms with Crippen LogP contribution in [0.2, 0.25) is 0 Å². The topological polar surface area (TPSA) is 62.7 Å². The Balaban J connectivity index is 1.42. The van der Waals surface area contributed by atoms with E-state index in [0.29, 0.717) is 30.3 Å². The molecule has 26 heavy (non-hydrogen) atoms. The number of aromatic nitrogens is 3. The summed E-state index contributed by atoms with van der Waals surface area (Å²) in [4.78, 5) is 4.38. The van der Waals surface area contributed by atoms with Gasteiger partial charge in [0.15, 0.2) is 5.82 Å². The molecule has 0 saturated heterocycles. The van der Waals surface area contributed by atoms with E-state index >= 15 is 0 Å². The molecule has 0 spiro atoms. The Hall–Kier alpha value is -3.02. The molecule has 0 aliphatic rings. The third kappa shape index (κ3) is 5.51. The van der Waals surface area contributed by atoms with E-state index in [9.17, 15) is 4.39 Å². The van der Waals surface area contributed by atoms with Crippen LogP contribution in [0.4, 0.5) is 16.2 Å². The van der Waals surface area contributed by atoms with Gasteiger partial charge in [-0.15, -0.1) is 5.10 Å². The van der Waals surface area contributed by atoms with Crippen molar-refractivity contribution in [3.8, 4) is 0 Å². The first-order chi connectivity index (χ1) is 12.8. The summed E-state index contributed by atoms with van der Waals surface area (Å²) >= 11 is 0. The highest BCUT2D eigenvalue weighted by molar-refractivity contribution is 5.37. The lowest BCUT2D eigenvalue weighted by molar-refractivity contribution is 0.610. The summed E-state index contributed by atoms with van der Waals surface area (Å²) in [5.41, 5.74) is 2.00. The lowest BCUT2D eigenvalue weighted by Crippen LogP contribution is -2.11.